The summed E-state index contributed by atoms with van der Waals surface area (Å²) in [6.45, 7) is 5.02. The zero-order valence-corrected chi connectivity index (χ0v) is 11.3. The van der Waals surface area contributed by atoms with Gasteiger partial charge < -0.3 is 10.1 Å². The minimum absolute atomic E-state index is 0.0274. The predicted octanol–water partition coefficient (Wildman–Crippen LogP) is 2.89. The van der Waals surface area contributed by atoms with Crippen molar-refractivity contribution in [3.8, 4) is 0 Å². The van der Waals surface area contributed by atoms with Crippen molar-refractivity contribution < 1.29 is 9.53 Å². The molecule has 17 heavy (non-hydrogen) atoms. The molecule has 0 aromatic carbocycles. The van der Waals surface area contributed by atoms with Gasteiger partial charge in [0.2, 0.25) is 0 Å². The van der Waals surface area contributed by atoms with Gasteiger partial charge >= 0.3 is 5.97 Å². The molecule has 1 saturated carbocycles. The van der Waals surface area contributed by atoms with E-state index in [9.17, 15) is 4.79 Å². The van der Waals surface area contributed by atoms with Crippen LogP contribution in [0.15, 0.2) is 0 Å². The molecule has 100 valence electrons. The molecule has 0 aliphatic heterocycles. The summed E-state index contributed by atoms with van der Waals surface area (Å²) >= 11 is 0. The van der Waals surface area contributed by atoms with Crippen molar-refractivity contribution in [3.63, 3.8) is 0 Å². The molecule has 0 spiro atoms. The molecular weight excluding hydrogens is 214 g/mol. The van der Waals surface area contributed by atoms with E-state index >= 15 is 0 Å². The highest BCUT2D eigenvalue weighted by atomic mass is 16.5. The fraction of sp³-hybridized carbons (Fsp3) is 0.929. The standard InChI is InChI=1S/C14H27NO2/c1-3-17-14(16)12(2)11-15-13-9-7-5-4-6-8-10-13/h12-13,15H,3-11H2,1-2H3. The molecule has 1 atom stereocenters. The number of ether oxygens (including phenoxy) is 1. The highest BCUT2D eigenvalue weighted by Gasteiger charge is 2.16. The fourth-order valence-corrected chi connectivity index (χ4v) is 2.37. The van der Waals surface area contributed by atoms with Gasteiger partial charge in [-0.3, -0.25) is 4.79 Å². The Morgan fingerprint density at radius 2 is 1.82 bits per heavy atom. The van der Waals surface area contributed by atoms with Crippen LogP contribution in [-0.2, 0) is 9.53 Å². The van der Waals surface area contributed by atoms with E-state index in [0.29, 0.717) is 12.6 Å². The van der Waals surface area contributed by atoms with Crippen LogP contribution in [0.4, 0.5) is 0 Å². The van der Waals surface area contributed by atoms with Gasteiger partial charge in [0.25, 0.3) is 0 Å². The third kappa shape index (κ3) is 6.06. The van der Waals surface area contributed by atoms with Gasteiger partial charge in [-0.25, -0.2) is 0 Å². The van der Waals surface area contributed by atoms with Crippen LogP contribution in [0.1, 0.15) is 58.8 Å². The summed E-state index contributed by atoms with van der Waals surface area (Å²) in [4.78, 5) is 11.5. The Labute approximate surface area is 105 Å². The fourth-order valence-electron chi connectivity index (χ4n) is 2.37. The monoisotopic (exact) mass is 241 g/mol. The molecule has 1 unspecified atom stereocenters. The lowest BCUT2D eigenvalue weighted by Crippen LogP contribution is -2.36. The van der Waals surface area contributed by atoms with Gasteiger partial charge in [-0.05, 0) is 19.8 Å². The van der Waals surface area contributed by atoms with E-state index in [1.54, 1.807) is 0 Å². The summed E-state index contributed by atoms with van der Waals surface area (Å²) in [6, 6.07) is 0.604. The van der Waals surface area contributed by atoms with E-state index in [1.165, 1.54) is 44.9 Å². The number of rotatable bonds is 5. The van der Waals surface area contributed by atoms with Crippen molar-refractivity contribution in [2.75, 3.05) is 13.2 Å². The number of nitrogens with one attached hydrogen (secondary N) is 1. The molecule has 3 heteroatoms. The van der Waals surface area contributed by atoms with Gasteiger partial charge in [-0.15, -0.1) is 0 Å². The molecule has 3 nitrogen and oxygen atoms in total. The van der Waals surface area contributed by atoms with E-state index in [0.717, 1.165) is 6.54 Å². The molecule has 1 fully saturated rings. The number of carbonyl (C=O) groups is 1. The van der Waals surface area contributed by atoms with E-state index in [1.807, 2.05) is 13.8 Å². The van der Waals surface area contributed by atoms with E-state index in [4.69, 9.17) is 4.74 Å². The summed E-state index contributed by atoms with van der Waals surface area (Å²) in [5, 5.41) is 3.53. The topological polar surface area (TPSA) is 38.3 Å². The largest absolute Gasteiger partial charge is 0.466 e. The Balaban J connectivity index is 2.20. The molecule has 0 amide bonds. The molecule has 0 heterocycles. The Kier molecular flexibility index (Phi) is 7.25. The van der Waals surface area contributed by atoms with E-state index in [2.05, 4.69) is 5.32 Å². The van der Waals surface area contributed by atoms with Crippen molar-refractivity contribution >= 4 is 5.97 Å². The number of carbonyl (C=O) groups excluding carboxylic acids is 1. The molecule has 1 N–H and O–H groups in total. The second kappa shape index (κ2) is 8.51. The third-order valence-corrected chi connectivity index (χ3v) is 3.51. The van der Waals surface area contributed by atoms with Crippen molar-refractivity contribution in [3.05, 3.63) is 0 Å². The van der Waals surface area contributed by atoms with Gasteiger partial charge in [-0.1, -0.05) is 39.0 Å². The molecular formula is C14H27NO2. The van der Waals surface area contributed by atoms with Crippen molar-refractivity contribution in [2.45, 2.75) is 64.8 Å². The second-order valence-corrected chi connectivity index (χ2v) is 5.10. The second-order valence-electron chi connectivity index (χ2n) is 5.10. The first kappa shape index (κ1) is 14.5. The minimum atomic E-state index is -0.0779. The molecule has 0 radical (unpaired) electrons. The van der Waals surface area contributed by atoms with Crippen molar-refractivity contribution in [1.82, 2.24) is 5.32 Å². The lowest BCUT2D eigenvalue weighted by atomic mass is 9.96. The van der Waals surface area contributed by atoms with Gasteiger partial charge in [0.1, 0.15) is 0 Å². The highest BCUT2D eigenvalue weighted by molar-refractivity contribution is 5.72. The summed E-state index contributed by atoms with van der Waals surface area (Å²) < 4.78 is 5.01. The molecule has 0 aromatic rings. The minimum Gasteiger partial charge on any atom is -0.466 e. The molecule has 1 rings (SSSR count). The lowest BCUT2D eigenvalue weighted by molar-refractivity contribution is -0.147. The summed E-state index contributed by atoms with van der Waals surface area (Å²) in [6.07, 6.45) is 9.30. The average molecular weight is 241 g/mol. The maximum atomic E-state index is 11.5. The molecule has 1 aliphatic rings. The SMILES string of the molecule is CCOC(=O)C(C)CNC1CCCCCCC1. The maximum absolute atomic E-state index is 11.5. The molecule has 0 aromatic heterocycles. The number of esters is 1. The van der Waals surface area contributed by atoms with Crippen LogP contribution >= 0.6 is 0 Å². The Bertz CT molecular complexity index is 210. The zero-order valence-electron chi connectivity index (χ0n) is 11.3. The van der Waals surface area contributed by atoms with Crippen molar-refractivity contribution in [1.29, 1.82) is 0 Å². The van der Waals surface area contributed by atoms with Crippen LogP contribution in [0.2, 0.25) is 0 Å². The Morgan fingerprint density at radius 1 is 1.24 bits per heavy atom. The highest BCUT2D eigenvalue weighted by Crippen LogP contribution is 2.17. The Morgan fingerprint density at radius 3 is 2.41 bits per heavy atom. The van der Waals surface area contributed by atoms with E-state index < -0.39 is 0 Å². The zero-order chi connectivity index (χ0) is 12.5. The smallest absolute Gasteiger partial charge is 0.309 e. The van der Waals surface area contributed by atoms with Gasteiger partial charge in [0.15, 0.2) is 0 Å². The summed E-state index contributed by atoms with van der Waals surface area (Å²) in [7, 11) is 0. The van der Waals surface area contributed by atoms with E-state index in [-0.39, 0.29) is 11.9 Å². The van der Waals surface area contributed by atoms with Gasteiger partial charge in [0, 0.05) is 12.6 Å². The average Bonchev–Trinajstić information content (AvgIpc) is 2.27. The summed E-state index contributed by atoms with van der Waals surface area (Å²) in [5.41, 5.74) is 0. The molecule has 0 saturated heterocycles. The van der Waals surface area contributed by atoms with Gasteiger partial charge in [0.05, 0.1) is 12.5 Å². The van der Waals surface area contributed by atoms with Gasteiger partial charge in [-0.2, -0.15) is 0 Å². The number of hydrogen-bond donors (Lipinski definition) is 1. The lowest BCUT2D eigenvalue weighted by Gasteiger charge is -2.22. The normalized spacial score (nSPS) is 20.4. The predicted molar refractivity (Wildman–Crippen MR) is 69.9 cm³/mol. The van der Waals surface area contributed by atoms with Crippen LogP contribution in [0.5, 0.6) is 0 Å². The molecule has 1 aliphatic carbocycles. The molecule has 0 bridgehead atoms. The maximum Gasteiger partial charge on any atom is 0.309 e. The van der Waals surface area contributed by atoms with Crippen LogP contribution in [0, 0.1) is 5.92 Å². The quantitative estimate of drug-likeness (QED) is 0.752. The first-order chi connectivity index (χ1) is 8.24. The van der Waals surface area contributed by atoms with Crippen LogP contribution in [0.3, 0.4) is 0 Å². The Hall–Kier alpha value is -0.570. The van der Waals surface area contributed by atoms with Crippen LogP contribution in [-0.4, -0.2) is 25.2 Å². The van der Waals surface area contributed by atoms with Crippen LogP contribution < -0.4 is 5.32 Å². The van der Waals surface area contributed by atoms with Crippen molar-refractivity contribution in [2.24, 2.45) is 5.92 Å². The third-order valence-electron chi connectivity index (χ3n) is 3.51. The summed E-state index contributed by atoms with van der Waals surface area (Å²) in [5.74, 6) is -0.105. The first-order valence-electron chi connectivity index (χ1n) is 7.14. The first-order valence-corrected chi connectivity index (χ1v) is 7.14. The number of hydrogen-bond acceptors (Lipinski definition) is 3. The van der Waals surface area contributed by atoms with Crippen LogP contribution in [0.25, 0.3) is 0 Å².